The van der Waals surface area contributed by atoms with Gasteiger partial charge in [0.15, 0.2) is 0 Å². The predicted molar refractivity (Wildman–Crippen MR) is 84.0 cm³/mol. The highest BCUT2D eigenvalue weighted by Gasteiger charge is 2.47. The first-order chi connectivity index (χ1) is 11.1. The normalized spacial score (nSPS) is 15.8. The summed E-state index contributed by atoms with van der Waals surface area (Å²) in [5.41, 5.74) is -0.122. The number of halogens is 2. The Kier molecular flexibility index (Phi) is 3.82. The van der Waals surface area contributed by atoms with Crippen LogP contribution >= 0.6 is 0 Å². The van der Waals surface area contributed by atoms with E-state index in [2.05, 4.69) is 10.2 Å². The third kappa shape index (κ3) is 2.67. The lowest BCUT2D eigenvalue weighted by atomic mass is 9.97. The fourth-order valence-corrected chi connectivity index (χ4v) is 2.31. The molecule has 2 aromatic carbocycles. The molecular weight excluding hydrogens is 302 g/mol. The summed E-state index contributed by atoms with van der Waals surface area (Å²) < 4.78 is 39.4. The van der Waals surface area contributed by atoms with Crippen molar-refractivity contribution in [2.75, 3.05) is 14.2 Å². The van der Waals surface area contributed by atoms with Gasteiger partial charge in [0, 0.05) is 11.1 Å². The van der Waals surface area contributed by atoms with E-state index in [0.717, 1.165) is 0 Å². The van der Waals surface area contributed by atoms with Crippen molar-refractivity contribution in [3.8, 4) is 11.5 Å². The largest absolute Gasteiger partial charge is 0.497 e. The second-order valence-corrected chi connectivity index (χ2v) is 4.93. The zero-order valence-corrected chi connectivity index (χ0v) is 12.6. The standard InChI is InChI=1S/C17H14F2N2O2/c1-22-13-7-3-11(4-8-13)15-17(18,19)16(21-20-15)12-5-9-14(23-2)10-6-12/h3-10H,1-2H3. The summed E-state index contributed by atoms with van der Waals surface area (Å²) in [7, 11) is 3.03. The van der Waals surface area contributed by atoms with Crippen molar-refractivity contribution < 1.29 is 18.3 Å². The van der Waals surface area contributed by atoms with Crippen molar-refractivity contribution in [3.63, 3.8) is 0 Å². The molecule has 1 aliphatic heterocycles. The maximum absolute atomic E-state index is 14.7. The first-order valence-corrected chi connectivity index (χ1v) is 6.89. The Labute approximate surface area is 132 Å². The van der Waals surface area contributed by atoms with Crippen LogP contribution in [0.4, 0.5) is 8.78 Å². The Hall–Kier alpha value is -2.76. The molecule has 118 valence electrons. The Morgan fingerprint density at radius 3 is 1.35 bits per heavy atom. The van der Waals surface area contributed by atoms with Crippen LogP contribution in [0.1, 0.15) is 11.1 Å². The number of hydrogen-bond acceptors (Lipinski definition) is 4. The summed E-state index contributed by atoms with van der Waals surface area (Å²) in [4.78, 5) is 0. The molecule has 0 bridgehead atoms. The summed E-state index contributed by atoms with van der Waals surface area (Å²) in [5.74, 6) is -2.08. The number of hydrogen-bond donors (Lipinski definition) is 0. The van der Waals surface area contributed by atoms with Gasteiger partial charge in [-0.2, -0.15) is 8.78 Å². The highest BCUT2D eigenvalue weighted by molar-refractivity contribution is 6.27. The molecule has 23 heavy (non-hydrogen) atoms. The Balaban J connectivity index is 1.89. The lowest BCUT2D eigenvalue weighted by molar-refractivity contribution is 0.162. The molecule has 4 nitrogen and oxygen atoms in total. The van der Waals surface area contributed by atoms with Gasteiger partial charge >= 0.3 is 5.92 Å². The number of ether oxygens (including phenoxy) is 2. The van der Waals surface area contributed by atoms with E-state index in [9.17, 15) is 8.78 Å². The van der Waals surface area contributed by atoms with Gasteiger partial charge in [0.1, 0.15) is 22.9 Å². The third-order valence-electron chi connectivity index (χ3n) is 3.57. The van der Waals surface area contributed by atoms with Crippen LogP contribution < -0.4 is 9.47 Å². The number of methoxy groups -OCH3 is 2. The topological polar surface area (TPSA) is 43.2 Å². The SMILES string of the molecule is COc1ccc(C2=NN=C(c3ccc(OC)cc3)C2(F)F)cc1. The number of benzene rings is 2. The van der Waals surface area contributed by atoms with Crippen LogP contribution in [0.5, 0.6) is 11.5 Å². The summed E-state index contributed by atoms with van der Waals surface area (Å²) in [6.07, 6.45) is 0. The van der Waals surface area contributed by atoms with Gasteiger partial charge in [-0.05, 0) is 48.5 Å². The quantitative estimate of drug-likeness (QED) is 0.866. The van der Waals surface area contributed by atoms with E-state index in [4.69, 9.17) is 9.47 Å². The second-order valence-electron chi connectivity index (χ2n) is 4.93. The van der Waals surface area contributed by atoms with Crippen LogP contribution in [-0.4, -0.2) is 31.6 Å². The molecule has 0 saturated heterocycles. The average molecular weight is 316 g/mol. The van der Waals surface area contributed by atoms with Gasteiger partial charge in [-0.15, -0.1) is 10.2 Å². The lowest BCUT2D eigenvalue weighted by Gasteiger charge is -2.15. The third-order valence-corrected chi connectivity index (χ3v) is 3.57. The second kappa shape index (κ2) is 5.79. The fourth-order valence-electron chi connectivity index (χ4n) is 2.31. The van der Waals surface area contributed by atoms with Crippen LogP contribution in [0.25, 0.3) is 0 Å². The van der Waals surface area contributed by atoms with Crippen molar-refractivity contribution in [1.82, 2.24) is 0 Å². The molecule has 0 aromatic heterocycles. The van der Waals surface area contributed by atoms with E-state index in [1.165, 1.54) is 38.5 Å². The minimum Gasteiger partial charge on any atom is -0.497 e. The first-order valence-electron chi connectivity index (χ1n) is 6.89. The Bertz CT molecular complexity index is 701. The summed E-state index contributed by atoms with van der Waals surface area (Å²) in [6.45, 7) is 0. The minimum atomic E-state index is -3.26. The maximum atomic E-state index is 14.7. The molecule has 0 spiro atoms. The van der Waals surface area contributed by atoms with Gasteiger partial charge in [0.05, 0.1) is 14.2 Å². The van der Waals surface area contributed by atoms with Gasteiger partial charge in [-0.25, -0.2) is 0 Å². The molecule has 0 unspecified atom stereocenters. The van der Waals surface area contributed by atoms with Crippen molar-refractivity contribution in [2.45, 2.75) is 5.92 Å². The van der Waals surface area contributed by atoms with Crippen molar-refractivity contribution in [2.24, 2.45) is 10.2 Å². The van der Waals surface area contributed by atoms with E-state index < -0.39 is 5.92 Å². The van der Waals surface area contributed by atoms with Crippen LogP contribution in [-0.2, 0) is 0 Å². The molecule has 1 heterocycles. The minimum absolute atomic E-state index is 0.308. The molecule has 1 aliphatic rings. The molecule has 0 radical (unpaired) electrons. The predicted octanol–water partition coefficient (Wildman–Crippen LogP) is 3.55. The van der Waals surface area contributed by atoms with Crippen LogP contribution in [0.15, 0.2) is 58.7 Å². The average Bonchev–Trinajstić information content (AvgIpc) is 2.90. The molecule has 0 fully saturated rings. The van der Waals surface area contributed by atoms with Gasteiger partial charge < -0.3 is 9.47 Å². The molecule has 3 rings (SSSR count). The molecule has 0 aliphatic carbocycles. The van der Waals surface area contributed by atoms with E-state index in [1.54, 1.807) is 24.3 Å². The highest BCUT2D eigenvalue weighted by Crippen LogP contribution is 2.32. The molecule has 2 aromatic rings. The smallest absolute Gasteiger partial charge is 0.336 e. The molecule has 0 saturated carbocycles. The van der Waals surface area contributed by atoms with Crippen molar-refractivity contribution in [3.05, 3.63) is 59.7 Å². The van der Waals surface area contributed by atoms with E-state index in [-0.39, 0.29) is 11.4 Å². The Morgan fingerprint density at radius 1 is 0.696 bits per heavy atom. The van der Waals surface area contributed by atoms with E-state index in [0.29, 0.717) is 22.6 Å². The maximum Gasteiger partial charge on any atom is 0.336 e. The van der Waals surface area contributed by atoms with E-state index >= 15 is 0 Å². The van der Waals surface area contributed by atoms with E-state index in [1.807, 2.05) is 0 Å². The zero-order valence-electron chi connectivity index (χ0n) is 12.6. The molecule has 0 amide bonds. The Morgan fingerprint density at radius 2 is 1.04 bits per heavy atom. The van der Waals surface area contributed by atoms with Crippen LogP contribution in [0.2, 0.25) is 0 Å². The summed E-state index contributed by atoms with van der Waals surface area (Å²) >= 11 is 0. The van der Waals surface area contributed by atoms with Crippen molar-refractivity contribution in [1.29, 1.82) is 0 Å². The van der Waals surface area contributed by atoms with Crippen LogP contribution in [0.3, 0.4) is 0 Å². The lowest BCUT2D eigenvalue weighted by Crippen LogP contribution is -2.35. The summed E-state index contributed by atoms with van der Waals surface area (Å²) in [6, 6.07) is 12.6. The molecule has 6 heteroatoms. The molecular formula is C17H14F2N2O2. The van der Waals surface area contributed by atoms with Crippen LogP contribution in [0, 0.1) is 0 Å². The van der Waals surface area contributed by atoms with Gasteiger partial charge in [0.25, 0.3) is 0 Å². The highest BCUT2D eigenvalue weighted by atomic mass is 19.3. The number of alkyl halides is 2. The van der Waals surface area contributed by atoms with Crippen molar-refractivity contribution >= 4 is 11.4 Å². The zero-order chi connectivity index (χ0) is 16.4. The van der Waals surface area contributed by atoms with Gasteiger partial charge in [-0.1, -0.05) is 0 Å². The monoisotopic (exact) mass is 316 g/mol. The summed E-state index contributed by atoms with van der Waals surface area (Å²) in [5, 5.41) is 7.39. The fraction of sp³-hybridized carbons (Fsp3) is 0.176. The molecule has 0 N–H and O–H groups in total. The molecule has 0 atom stereocenters. The number of nitrogens with zero attached hydrogens (tertiary/aromatic N) is 2. The van der Waals surface area contributed by atoms with Gasteiger partial charge in [-0.3, -0.25) is 0 Å². The first kappa shape index (κ1) is 15.1. The number of rotatable bonds is 4. The van der Waals surface area contributed by atoms with Gasteiger partial charge in [0.2, 0.25) is 0 Å².